The highest BCUT2D eigenvalue weighted by molar-refractivity contribution is 6.67. The fourth-order valence-electron chi connectivity index (χ4n) is 4.11. The number of hydrogen-bond acceptors (Lipinski definition) is 5. The van der Waals surface area contributed by atoms with Crippen molar-refractivity contribution in [2.45, 2.75) is 65.2 Å². The van der Waals surface area contributed by atoms with Gasteiger partial charge < -0.3 is 10.6 Å². The lowest BCUT2D eigenvalue weighted by Gasteiger charge is -2.46. The Hall–Kier alpha value is -0.270. The Morgan fingerprint density at radius 3 is 1.87 bits per heavy atom. The number of nitrogens with one attached hydrogen (secondary N) is 2. The van der Waals surface area contributed by atoms with E-state index in [1.807, 2.05) is 0 Å². The summed E-state index contributed by atoms with van der Waals surface area (Å²) in [7, 11) is 0. The van der Waals surface area contributed by atoms with Gasteiger partial charge in [0.05, 0.1) is 0 Å². The van der Waals surface area contributed by atoms with Crippen LogP contribution in [0.2, 0.25) is 0 Å². The van der Waals surface area contributed by atoms with Gasteiger partial charge in [-0.2, -0.15) is 9.97 Å². The van der Waals surface area contributed by atoms with Gasteiger partial charge in [0.15, 0.2) is 11.6 Å². The minimum Gasteiger partial charge on any atom is -0.351 e. The molecule has 1 fully saturated rings. The first-order chi connectivity index (χ1) is 14.0. The van der Waals surface area contributed by atoms with Gasteiger partial charge in [0, 0.05) is 28.2 Å². The second kappa shape index (κ2) is 8.83. The number of anilines is 1. The molecule has 31 heavy (non-hydrogen) atoms. The van der Waals surface area contributed by atoms with E-state index in [9.17, 15) is 0 Å². The fourth-order valence-corrected chi connectivity index (χ4v) is 4.74. The number of benzene rings is 1. The van der Waals surface area contributed by atoms with Crippen LogP contribution < -0.4 is 10.6 Å². The van der Waals surface area contributed by atoms with Gasteiger partial charge in [-0.05, 0) is 40.5 Å². The molecule has 3 rings (SSSR count). The fraction of sp³-hybridized carbons (Fsp3) is 0.550. The maximum absolute atomic E-state index is 6.10. The molecule has 0 saturated carbocycles. The summed E-state index contributed by atoms with van der Waals surface area (Å²) in [6.45, 7) is 8.67. The van der Waals surface area contributed by atoms with Gasteiger partial charge in [0.25, 0.3) is 0 Å². The second-order valence-electron chi connectivity index (χ2n) is 9.02. The van der Waals surface area contributed by atoms with Crippen LogP contribution >= 0.6 is 69.6 Å². The van der Waals surface area contributed by atoms with E-state index in [0.29, 0.717) is 22.9 Å². The molecule has 2 N–H and O–H groups in total. The molecular formula is C20H23Cl6N5. The van der Waals surface area contributed by atoms with Gasteiger partial charge >= 0.3 is 0 Å². The van der Waals surface area contributed by atoms with Crippen LogP contribution in [0.5, 0.6) is 0 Å². The molecule has 1 saturated heterocycles. The quantitative estimate of drug-likeness (QED) is 0.410. The molecule has 1 aromatic heterocycles. The molecule has 0 amide bonds. The van der Waals surface area contributed by atoms with Crippen LogP contribution in [0.25, 0.3) is 11.4 Å². The van der Waals surface area contributed by atoms with E-state index in [2.05, 4.69) is 53.3 Å². The summed E-state index contributed by atoms with van der Waals surface area (Å²) in [5, 5.41) is 7.06. The molecule has 5 nitrogen and oxygen atoms in total. The Bertz CT molecular complexity index is 919. The Morgan fingerprint density at radius 1 is 0.839 bits per heavy atom. The molecule has 0 spiro atoms. The molecule has 0 aliphatic carbocycles. The summed E-state index contributed by atoms with van der Waals surface area (Å²) in [6, 6.07) is 6.99. The average Bonchev–Trinajstić information content (AvgIpc) is 2.57. The maximum atomic E-state index is 6.10. The number of aromatic nitrogens is 3. The van der Waals surface area contributed by atoms with Gasteiger partial charge in [-0.3, -0.25) is 0 Å². The Balaban J connectivity index is 1.96. The summed E-state index contributed by atoms with van der Waals surface area (Å²) in [6.07, 6.45) is 1.75. The standard InChI is InChI=1S/C20H23Cl6N5/c1-17(2)9-13(10-18(3,4)31-17)27-16-29-14(28-15(30-16)20(24,25)26)11-5-7-12(8-6-11)19(21,22)23/h5-8,13,31H,9-10H2,1-4H3,(H,27,28,29,30). The van der Waals surface area contributed by atoms with Crippen LogP contribution in [-0.4, -0.2) is 32.1 Å². The minimum absolute atomic E-state index is 0.0305. The van der Waals surface area contributed by atoms with Crippen molar-refractivity contribution in [1.82, 2.24) is 20.3 Å². The number of alkyl halides is 6. The Morgan fingerprint density at radius 2 is 1.39 bits per heavy atom. The molecule has 0 bridgehead atoms. The van der Waals surface area contributed by atoms with E-state index in [4.69, 9.17) is 69.6 Å². The van der Waals surface area contributed by atoms with Gasteiger partial charge in [0.2, 0.25) is 13.5 Å². The van der Waals surface area contributed by atoms with Gasteiger partial charge in [-0.1, -0.05) is 93.9 Å². The summed E-state index contributed by atoms with van der Waals surface area (Å²) in [5.74, 6) is 0.723. The number of hydrogen-bond donors (Lipinski definition) is 2. The Labute approximate surface area is 212 Å². The van der Waals surface area contributed by atoms with E-state index in [1.54, 1.807) is 24.3 Å². The average molecular weight is 546 g/mol. The normalized spacial score (nSPS) is 19.3. The van der Waals surface area contributed by atoms with Crippen molar-refractivity contribution < 1.29 is 0 Å². The van der Waals surface area contributed by atoms with Crippen molar-refractivity contribution in [3.63, 3.8) is 0 Å². The van der Waals surface area contributed by atoms with E-state index in [0.717, 1.165) is 12.8 Å². The minimum atomic E-state index is -1.81. The van der Waals surface area contributed by atoms with Crippen LogP contribution in [0.4, 0.5) is 5.95 Å². The van der Waals surface area contributed by atoms with Crippen LogP contribution in [0.1, 0.15) is 51.9 Å². The molecule has 0 atom stereocenters. The van der Waals surface area contributed by atoms with Gasteiger partial charge in [0.1, 0.15) is 0 Å². The lowest BCUT2D eigenvalue weighted by atomic mass is 9.80. The van der Waals surface area contributed by atoms with Crippen LogP contribution in [0.3, 0.4) is 0 Å². The Kier molecular flexibility index (Phi) is 7.22. The molecule has 11 heteroatoms. The molecular weight excluding hydrogens is 523 g/mol. The first-order valence-electron chi connectivity index (χ1n) is 9.61. The molecule has 170 valence electrons. The van der Waals surface area contributed by atoms with E-state index in [1.165, 1.54) is 0 Å². The second-order valence-corrected chi connectivity index (χ2v) is 13.6. The van der Waals surface area contributed by atoms with Crippen molar-refractivity contribution in [3.05, 3.63) is 35.7 Å². The molecule has 1 aliphatic rings. The molecule has 2 heterocycles. The van der Waals surface area contributed by atoms with Crippen molar-refractivity contribution in [2.75, 3.05) is 5.32 Å². The van der Waals surface area contributed by atoms with E-state index >= 15 is 0 Å². The van der Waals surface area contributed by atoms with Crippen LogP contribution in [-0.2, 0) is 7.59 Å². The number of halogens is 6. The van der Waals surface area contributed by atoms with E-state index < -0.39 is 7.59 Å². The van der Waals surface area contributed by atoms with Crippen molar-refractivity contribution >= 4 is 75.6 Å². The zero-order valence-electron chi connectivity index (χ0n) is 17.4. The largest absolute Gasteiger partial charge is 0.351 e. The summed E-state index contributed by atoms with van der Waals surface area (Å²) in [5.41, 5.74) is 1.08. The number of nitrogens with zero attached hydrogens (tertiary/aromatic N) is 3. The van der Waals surface area contributed by atoms with E-state index in [-0.39, 0.29) is 22.9 Å². The number of piperidine rings is 1. The van der Waals surface area contributed by atoms with Gasteiger partial charge in [-0.25, -0.2) is 4.98 Å². The smallest absolute Gasteiger partial charge is 0.250 e. The molecule has 1 aliphatic heterocycles. The predicted octanol–water partition coefficient (Wildman–Crippen LogP) is 6.91. The first-order valence-corrected chi connectivity index (χ1v) is 11.9. The summed E-state index contributed by atoms with van der Waals surface area (Å²) in [4.78, 5) is 13.3. The molecule has 0 unspecified atom stereocenters. The zero-order valence-corrected chi connectivity index (χ0v) is 21.9. The third-order valence-electron chi connectivity index (χ3n) is 4.88. The lowest BCUT2D eigenvalue weighted by molar-refractivity contribution is 0.170. The lowest BCUT2D eigenvalue weighted by Crippen LogP contribution is -2.60. The highest BCUT2D eigenvalue weighted by atomic mass is 35.6. The van der Waals surface area contributed by atoms with Gasteiger partial charge in [-0.15, -0.1) is 0 Å². The van der Waals surface area contributed by atoms with Crippen molar-refractivity contribution in [3.8, 4) is 11.4 Å². The molecule has 1 aromatic carbocycles. The molecule has 2 aromatic rings. The van der Waals surface area contributed by atoms with Crippen LogP contribution in [0.15, 0.2) is 24.3 Å². The molecule has 0 radical (unpaired) electrons. The maximum Gasteiger partial charge on any atom is 0.250 e. The van der Waals surface area contributed by atoms with Crippen LogP contribution in [0, 0.1) is 0 Å². The summed E-state index contributed by atoms with van der Waals surface area (Å²) < 4.78 is -3.33. The third-order valence-corrected chi connectivity index (χ3v) is 6.04. The SMILES string of the molecule is CC1(C)CC(Nc2nc(-c3ccc(C(Cl)(Cl)Cl)cc3)nc(C(Cl)(Cl)Cl)n2)CC(C)(C)N1. The topological polar surface area (TPSA) is 62.7 Å². The zero-order chi connectivity index (χ0) is 23.2. The third kappa shape index (κ3) is 6.86. The number of rotatable bonds is 3. The first kappa shape index (κ1) is 25.4. The summed E-state index contributed by atoms with van der Waals surface area (Å²) >= 11 is 36.1. The highest BCUT2D eigenvalue weighted by Crippen LogP contribution is 2.40. The van der Waals surface area contributed by atoms with Crippen molar-refractivity contribution in [2.24, 2.45) is 0 Å². The predicted molar refractivity (Wildman–Crippen MR) is 132 cm³/mol. The highest BCUT2D eigenvalue weighted by Gasteiger charge is 2.38. The monoisotopic (exact) mass is 543 g/mol. The van der Waals surface area contributed by atoms with Crippen molar-refractivity contribution in [1.29, 1.82) is 0 Å².